The van der Waals surface area contributed by atoms with Gasteiger partial charge in [-0.05, 0) is 24.3 Å². The van der Waals surface area contributed by atoms with Crippen molar-refractivity contribution in [2.75, 3.05) is 36.5 Å². The molecule has 1 saturated heterocycles. The van der Waals surface area contributed by atoms with Crippen LogP contribution in [0.15, 0.2) is 53.4 Å². The fourth-order valence-electron chi connectivity index (χ4n) is 2.68. The lowest BCUT2D eigenvalue weighted by atomic mass is 10.2. The summed E-state index contributed by atoms with van der Waals surface area (Å²) in [5.74, 6) is 0.562. The smallest absolute Gasteiger partial charge is 0.279 e. The number of carbonyl (C=O) groups is 1. The van der Waals surface area contributed by atoms with Crippen LogP contribution >= 0.6 is 0 Å². The van der Waals surface area contributed by atoms with Crippen molar-refractivity contribution in [3.8, 4) is 11.3 Å². The molecule has 0 aromatic carbocycles. The van der Waals surface area contributed by atoms with E-state index in [0.717, 1.165) is 24.3 Å². The topological polar surface area (TPSA) is 93.4 Å². The van der Waals surface area contributed by atoms with E-state index in [1.807, 2.05) is 12.1 Å². The van der Waals surface area contributed by atoms with Crippen LogP contribution in [0.2, 0.25) is 0 Å². The average Bonchev–Trinajstić information content (AvgIpc) is 3.20. The van der Waals surface area contributed by atoms with Gasteiger partial charge in [0.2, 0.25) is 0 Å². The Labute approximate surface area is 149 Å². The fourth-order valence-corrected chi connectivity index (χ4v) is 2.68. The Bertz CT molecular complexity index is 873. The molecule has 0 aliphatic carbocycles. The summed E-state index contributed by atoms with van der Waals surface area (Å²) in [6.45, 7) is 3.10. The summed E-state index contributed by atoms with van der Waals surface area (Å²) in [6, 6.07) is 8.90. The molecule has 8 nitrogen and oxygen atoms in total. The van der Waals surface area contributed by atoms with Crippen molar-refractivity contribution in [2.45, 2.75) is 0 Å². The number of rotatable bonds is 4. The van der Waals surface area contributed by atoms with E-state index in [1.165, 1.54) is 0 Å². The highest BCUT2D eigenvalue weighted by molar-refractivity contribution is 6.02. The third kappa shape index (κ3) is 3.55. The molecule has 1 aliphatic rings. The van der Waals surface area contributed by atoms with Crippen molar-refractivity contribution in [1.29, 1.82) is 0 Å². The quantitative estimate of drug-likeness (QED) is 0.770. The molecular weight excluding hydrogens is 334 g/mol. The molecule has 1 fully saturated rings. The second-order valence-electron chi connectivity index (χ2n) is 5.77. The van der Waals surface area contributed by atoms with Gasteiger partial charge in [-0.3, -0.25) is 9.78 Å². The van der Waals surface area contributed by atoms with Crippen LogP contribution < -0.4 is 10.2 Å². The van der Waals surface area contributed by atoms with E-state index in [4.69, 9.17) is 9.26 Å². The minimum absolute atomic E-state index is 0.183. The Morgan fingerprint density at radius 2 is 2.04 bits per heavy atom. The minimum atomic E-state index is -0.379. The summed E-state index contributed by atoms with van der Waals surface area (Å²) < 4.78 is 10.6. The standard InChI is InChI=1S/C18H17N5O3/c24-18(15-10-16(26-22-15)13-2-1-5-19-11-13)21-17-4-3-14(12-20-17)23-6-8-25-9-7-23/h1-5,10-12H,6-9H2,(H,20,21,24). The van der Waals surface area contributed by atoms with Crippen LogP contribution in [0.3, 0.4) is 0 Å². The minimum Gasteiger partial charge on any atom is -0.378 e. The van der Waals surface area contributed by atoms with Gasteiger partial charge in [0.25, 0.3) is 5.91 Å². The molecule has 8 heteroatoms. The maximum atomic E-state index is 12.3. The largest absolute Gasteiger partial charge is 0.378 e. The summed E-state index contributed by atoms with van der Waals surface area (Å²) in [6.07, 6.45) is 5.05. The van der Waals surface area contributed by atoms with Crippen molar-refractivity contribution >= 4 is 17.4 Å². The number of anilines is 2. The molecule has 0 spiro atoms. The summed E-state index contributed by atoms with van der Waals surface area (Å²) in [7, 11) is 0. The van der Waals surface area contributed by atoms with E-state index in [2.05, 4.69) is 25.3 Å². The highest BCUT2D eigenvalue weighted by atomic mass is 16.5. The number of nitrogens with one attached hydrogen (secondary N) is 1. The zero-order valence-corrected chi connectivity index (χ0v) is 14.0. The van der Waals surface area contributed by atoms with Gasteiger partial charge >= 0.3 is 0 Å². The predicted octanol–water partition coefficient (Wildman–Crippen LogP) is 2.22. The number of amides is 1. The first-order valence-electron chi connectivity index (χ1n) is 8.27. The first-order chi connectivity index (χ1) is 12.8. The van der Waals surface area contributed by atoms with E-state index in [9.17, 15) is 4.79 Å². The second kappa shape index (κ2) is 7.32. The number of hydrogen-bond acceptors (Lipinski definition) is 7. The Hall–Kier alpha value is -3.26. The molecule has 0 saturated carbocycles. The number of hydrogen-bond donors (Lipinski definition) is 1. The number of ether oxygens (including phenoxy) is 1. The van der Waals surface area contributed by atoms with Crippen LogP contribution in [0.4, 0.5) is 11.5 Å². The molecule has 0 unspecified atom stereocenters. The average molecular weight is 351 g/mol. The summed E-state index contributed by atoms with van der Waals surface area (Å²) >= 11 is 0. The van der Waals surface area contributed by atoms with E-state index < -0.39 is 0 Å². The molecule has 0 radical (unpaired) electrons. The first-order valence-corrected chi connectivity index (χ1v) is 8.27. The van der Waals surface area contributed by atoms with Gasteiger partial charge in [0, 0.05) is 37.1 Å². The zero-order valence-electron chi connectivity index (χ0n) is 14.0. The fraction of sp³-hybridized carbons (Fsp3) is 0.222. The highest BCUT2D eigenvalue weighted by Crippen LogP contribution is 2.20. The third-order valence-corrected chi connectivity index (χ3v) is 4.05. The number of morpholine rings is 1. The lowest BCUT2D eigenvalue weighted by Gasteiger charge is -2.28. The van der Waals surface area contributed by atoms with E-state index in [1.54, 1.807) is 36.8 Å². The molecule has 4 rings (SSSR count). The van der Waals surface area contributed by atoms with Gasteiger partial charge in [-0.1, -0.05) is 5.16 Å². The van der Waals surface area contributed by atoms with Crippen molar-refractivity contribution in [3.05, 3.63) is 54.6 Å². The van der Waals surface area contributed by atoms with Crippen LogP contribution in [0.5, 0.6) is 0 Å². The summed E-state index contributed by atoms with van der Waals surface area (Å²) in [5.41, 5.74) is 1.95. The van der Waals surface area contributed by atoms with Crippen molar-refractivity contribution in [2.24, 2.45) is 0 Å². The van der Waals surface area contributed by atoms with Gasteiger partial charge in [0.05, 0.1) is 25.1 Å². The van der Waals surface area contributed by atoms with Crippen LogP contribution in [-0.2, 0) is 4.74 Å². The van der Waals surface area contributed by atoms with Crippen LogP contribution in [0, 0.1) is 0 Å². The number of aromatic nitrogens is 3. The van der Waals surface area contributed by atoms with Gasteiger partial charge in [0.1, 0.15) is 5.82 Å². The SMILES string of the molecule is O=C(Nc1ccc(N2CCOCC2)cn1)c1cc(-c2cccnc2)on1. The van der Waals surface area contributed by atoms with Crippen LogP contribution in [0.1, 0.15) is 10.5 Å². The van der Waals surface area contributed by atoms with Gasteiger partial charge in [-0.15, -0.1) is 0 Å². The van der Waals surface area contributed by atoms with E-state index >= 15 is 0 Å². The van der Waals surface area contributed by atoms with Crippen LogP contribution in [-0.4, -0.2) is 47.3 Å². The molecule has 1 N–H and O–H groups in total. The summed E-state index contributed by atoms with van der Waals surface area (Å²) in [4.78, 5) is 22.8. The third-order valence-electron chi connectivity index (χ3n) is 4.05. The zero-order chi connectivity index (χ0) is 17.8. The van der Waals surface area contributed by atoms with E-state index in [0.29, 0.717) is 24.8 Å². The normalized spacial score (nSPS) is 14.2. The maximum Gasteiger partial charge on any atom is 0.279 e. The predicted molar refractivity (Wildman–Crippen MR) is 95.0 cm³/mol. The molecule has 0 atom stereocenters. The lowest BCUT2D eigenvalue weighted by molar-refractivity contribution is 0.101. The van der Waals surface area contributed by atoms with Gasteiger partial charge < -0.3 is 19.5 Å². The molecule has 1 amide bonds. The first kappa shape index (κ1) is 16.2. The Kier molecular flexibility index (Phi) is 4.57. The number of carbonyl (C=O) groups excluding carboxylic acids is 1. The number of pyridine rings is 2. The highest BCUT2D eigenvalue weighted by Gasteiger charge is 2.15. The molecule has 132 valence electrons. The molecule has 1 aliphatic heterocycles. The van der Waals surface area contributed by atoms with Gasteiger partial charge in [-0.2, -0.15) is 0 Å². The van der Waals surface area contributed by atoms with Gasteiger partial charge in [0.15, 0.2) is 11.5 Å². The van der Waals surface area contributed by atoms with Crippen molar-refractivity contribution in [3.63, 3.8) is 0 Å². The van der Waals surface area contributed by atoms with Gasteiger partial charge in [-0.25, -0.2) is 4.98 Å². The Balaban J connectivity index is 1.42. The molecule has 3 aromatic rings. The molecule has 4 heterocycles. The molecule has 0 bridgehead atoms. The van der Waals surface area contributed by atoms with E-state index in [-0.39, 0.29) is 11.6 Å². The monoisotopic (exact) mass is 351 g/mol. The molecular formula is C18H17N5O3. The Morgan fingerprint density at radius 3 is 2.77 bits per heavy atom. The molecule has 26 heavy (non-hydrogen) atoms. The maximum absolute atomic E-state index is 12.3. The molecule has 3 aromatic heterocycles. The number of nitrogens with zero attached hydrogens (tertiary/aromatic N) is 4. The lowest BCUT2D eigenvalue weighted by Crippen LogP contribution is -2.36. The second-order valence-corrected chi connectivity index (χ2v) is 5.77. The van der Waals surface area contributed by atoms with Crippen LogP contribution in [0.25, 0.3) is 11.3 Å². The summed E-state index contributed by atoms with van der Waals surface area (Å²) in [5, 5.41) is 6.54. The van der Waals surface area contributed by atoms with Crippen molar-refractivity contribution in [1.82, 2.24) is 15.1 Å². The van der Waals surface area contributed by atoms with Crippen molar-refractivity contribution < 1.29 is 14.1 Å². The Morgan fingerprint density at radius 1 is 1.15 bits per heavy atom.